The fraction of sp³-hybridized carbons (Fsp3) is 0.429. The molecule has 502 valence electrons. The first kappa shape index (κ1) is 64.2. The number of rotatable bonds is 11. The third kappa shape index (κ3) is 10.5. The molecule has 0 spiro atoms. The van der Waals surface area contributed by atoms with Crippen LogP contribution in [0.5, 0.6) is 0 Å². The molecule has 10 heterocycles. The van der Waals surface area contributed by atoms with E-state index in [1.54, 1.807) is 9.80 Å². The maximum atomic E-state index is 14.2. The van der Waals surface area contributed by atoms with Crippen molar-refractivity contribution in [3.8, 4) is 0 Å². The zero-order valence-corrected chi connectivity index (χ0v) is 53.3. The van der Waals surface area contributed by atoms with Gasteiger partial charge in [-0.15, -0.1) is 0 Å². The van der Waals surface area contributed by atoms with Gasteiger partial charge in [-0.05, 0) is 123 Å². The second kappa shape index (κ2) is 23.9. The quantitative estimate of drug-likeness (QED) is 0.0885. The van der Waals surface area contributed by atoms with Crippen LogP contribution in [0.15, 0.2) is 122 Å². The van der Waals surface area contributed by atoms with Gasteiger partial charge < -0.3 is 61.0 Å². The number of carboxylic acid groups (broad SMARTS) is 2. The number of fused-ring (bicyclic) bond motifs is 10. The fourth-order valence-electron chi connectivity index (χ4n) is 16.5. The Balaban J connectivity index is 0.000000145. The minimum atomic E-state index is -2.27. The SMILES string of the molecule is CN1C[C@H](C(=O)N[C@]2(C)O[C@@]3(O)C4CCCN4C(=O)[C@H](Cc4ccccc4)N3C2=O)C=C2c3cccc4[nH]cc(c34)CC21.CN1C[C@H](C(=O)N[C@]2(C)O[C@@]3(O)C4CCCN4C(=O)[C@H](Cc4ccccc4)N3C2=O)C=C2c3cccc4[nH]cc(c34)CC21.O=C(O)C(O)C(O)C(=O)O. The number of aromatic nitrogens is 2. The minimum absolute atomic E-state index is 0.144. The zero-order valence-electron chi connectivity index (χ0n) is 53.3. The van der Waals surface area contributed by atoms with E-state index in [0.29, 0.717) is 51.9 Å². The average Bonchev–Trinajstić information content (AvgIpc) is 1.54. The highest BCUT2D eigenvalue weighted by atomic mass is 16.7. The molecule has 6 amide bonds. The molecule has 26 heteroatoms. The number of aliphatic hydroxyl groups excluding tert-OH is 2. The first-order valence-corrected chi connectivity index (χ1v) is 32.5. The summed E-state index contributed by atoms with van der Waals surface area (Å²) in [7, 11) is 4.04. The highest BCUT2D eigenvalue weighted by Crippen LogP contribution is 2.49. The van der Waals surface area contributed by atoms with Crippen molar-refractivity contribution >= 4 is 80.3 Å². The van der Waals surface area contributed by atoms with E-state index in [0.717, 1.165) is 57.3 Å². The van der Waals surface area contributed by atoms with Gasteiger partial charge in [0.25, 0.3) is 23.6 Å². The zero-order chi connectivity index (χ0) is 67.7. The number of nitrogens with zero attached hydrogens (tertiary/aromatic N) is 6. The van der Waals surface area contributed by atoms with Crippen molar-refractivity contribution in [2.75, 3.05) is 40.3 Å². The molecular formula is C70H76N10O16. The number of aliphatic carboxylic acids is 2. The maximum Gasteiger partial charge on any atom is 0.335 e. The van der Waals surface area contributed by atoms with Gasteiger partial charge in [0.05, 0.1) is 11.8 Å². The molecule has 2 aromatic heterocycles. The van der Waals surface area contributed by atoms with Crippen molar-refractivity contribution in [3.05, 3.63) is 155 Å². The number of carbonyl (C=O) groups excluding carboxylic acids is 6. The van der Waals surface area contributed by atoms with E-state index in [1.807, 2.05) is 99.0 Å². The molecule has 6 unspecified atom stereocenters. The molecule has 0 radical (unpaired) electrons. The molecule has 6 saturated heterocycles. The van der Waals surface area contributed by atoms with Gasteiger partial charge in [0, 0.05) is 85.3 Å². The second-order valence-electron chi connectivity index (χ2n) is 27.1. The number of likely N-dealkylation sites (N-methyl/N-ethyl adjacent to an activating group) is 2. The van der Waals surface area contributed by atoms with Gasteiger partial charge in [-0.1, -0.05) is 97.1 Å². The first-order valence-electron chi connectivity index (χ1n) is 32.5. The van der Waals surface area contributed by atoms with Crippen molar-refractivity contribution in [2.24, 2.45) is 11.8 Å². The summed E-state index contributed by atoms with van der Waals surface area (Å²) >= 11 is 0. The molecule has 16 rings (SSSR count). The highest BCUT2D eigenvalue weighted by molar-refractivity contribution is 6.03. The molecule has 10 N–H and O–H groups in total. The Bertz CT molecular complexity index is 3990. The predicted molar refractivity (Wildman–Crippen MR) is 343 cm³/mol. The molecule has 4 aromatic carbocycles. The molecular weight excluding hydrogens is 1240 g/mol. The Kier molecular flexibility index (Phi) is 16.0. The summed E-state index contributed by atoms with van der Waals surface area (Å²) in [6.07, 6.45) is 8.23. The Labute approximate surface area is 550 Å². The lowest BCUT2D eigenvalue weighted by molar-refractivity contribution is -0.315. The van der Waals surface area contributed by atoms with Gasteiger partial charge in [0.2, 0.25) is 35.1 Å². The summed E-state index contributed by atoms with van der Waals surface area (Å²) in [4.78, 5) is 120. The van der Waals surface area contributed by atoms with Crippen LogP contribution in [0.25, 0.3) is 33.0 Å². The molecule has 6 aromatic rings. The van der Waals surface area contributed by atoms with E-state index in [1.165, 1.54) is 45.5 Å². The van der Waals surface area contributed by atoms with E-state index < -0.39 is 95.2 Å². The Morgan fingerprint density at radius 3 is 1.33 bits per heavy atom. The Hall–Kier alpha value is -9.12. The number of aromatic amines is 2. The highest BCUT2D eigenvalue weighted by Gasteiger charge is 2.72. The number of amides is 6. The number of ether oxygens (including phenoxy) is 2. The van der Waals surface area contributed by atoms with Crippen LogP contribution in [0.4, 0.5) is 0 Å². The van der Waals surface area contributed by atoms with E-state index in [9.17, 15) is 48.6 Å². The average molecular weight is 1310 g/mol. The minimum Gasteiger partial charge on any atom is -0.479 e. The van der Waals surface area contributed by atoms with E-state index >= 15 is 0 Å². The van der Waals surface area contributed by atoms with Gasteiger partial charge >= 0.3 is 11.9 Å². The molecule has 96 heavy (non-hydrogen) atoms. The number of aliphatic hydroxyl groups is 4. The monoisotopic (exact) mass is 1310 g/mol. The summed E-state index contributed by atoms with van der Waals surface area (Å²) in [5.74, 6) is -11.1. The third-order valence-corrected chi connectivity index (χ3v) is 21.1. The molecule has 6 fully saturated rings. The Morgan fingerprint density at radius 2 is 0.958 bits per heavy atom. The number of nitrogens with one attached hydrogen (secondary N) is 4. The second-order valence-corrected chi connectivity index (χ2v) is 27.1. The number of benzene rings is 4. The normalized spacial score (nSPS) is 31.5. The number of carboxylic acids is 2. The molecule has 0 bridgehead atoms. The van der Waals surface area contributed by atoms with Gasteiger partial charge in [-0.3, -0.25) is 57.8 Å². The van der Waals surface area contributed by atoms with Crippen LogP contribution in [-0.4, -0.2) is 229 Å². The van der Waals surface area contributed by atoms with Gasteiger partial charge in [0.1, 0.15) is 24.2 Å². The molecule has 10 aliphatic rings. The van der Waals surface area contributed by atoms with Crippen LogP contribution in [0.1, 0.15) is 72.9 Å². The predicted octanol–water partition coefficient (Wildman–Crippen LogP) is 1.86. The van der Waals surface area contributed by atoms with Crippen molar-refractivity contribution in [1.29, 1.82) is 0 Å². The summed E-state index contributed by atoms with van der Waals surface area (Å²) in [5, 5.41) is 64.7. The lowest BCUT2D eigenvalue weighted by Crippen LogP contribution is -2.71. The van der Waals surface area contributed by atoms with Crippen LogP contribution in [-0.2, 0) is 73.5 Å². The summed E-state index contributed by atoms with van der Waals surface area (Å²) in [6, 6.07) is 28.2. The van der Waals surface area contributed by atoms with Crippen molar-refractivity contribution in [1.82, 2.24) is 50.0 Å². The van der Waals surface area contributed by atoms with E-state index in [2.05, 4.69) is 67.1 Å². The number of piperazine rings is 2. The largest absolute Gasteiger partial charge is 0.479 e. The van der Waals surface area contributed by atoms with Gasteiger partial charge in [-0.2, -0.15) is 0 Å². The van der Waals surface area contributed by atoms with Crippen molar-refractivity contribution in [3.63, 3.8) is 0 Å². The standard InChI is InChI=1S/2C33H35N5O5.C4H6O6/c2*1-32(35-29(39)21-15-23-22-10-6-11-24-28(22)20(17-34-24)16-25(23)36(2)18-21)31(41)38-26(14-19-8-4-3-5-9-19)30(40)37-13-7-12-27(37)33(38,42)43-32;5-1(3(7)8)2(6)4(9)10/h2*3-6,8-11,15,17,21,25-27,34,42H,7,12-14,16,18H2,1-2H3,(H,35,39);1-2,5-6H,(H,7,8)(H,9,10)/t2*21-,25?,26+,27?,32-,33+;/m11./s1. The Morgan fingerprint density at radius 1 is 0.573 bits per heavy atom. The lowest BCUT2D eigenvalue weighted by Gasteiger charge is -2.48. The lowest BCUT2D eigenvalue weighted by atomic mass is 9.79. The first-order chi connectivity index (χ1) is 45.8. The summed E-state index contributed by atoms with van der Waals surface area (Å²) < 4.78 is 12.5. The van der Waals surface area contributed by atoms with Gasteiger partial charge in [-0.25, -0.2) is 9.59 Å². The number of H-pyrrole nitrogens is 2. The number of carbonyl (C=O) groups is 8. The summed E-state index contributed by atoms with van der Waals surface area (Å²) in [6.45, 7) is 4.90. The fourth-order valence-corrected chi connectivity index (χ4v) is 16.5. The molecule has 2 aliphatic carbocycles. The van der Waals surface area contributed by atoms with Crippen molar-refractivity contribution < 1.29 is 78.5 Å². The van der Waals surface area contributed by atoms with Crippen LogP contribution >= 0.6 is 0 Å². The van der Waals surface area contributed by atoms with Crippen LogP contribution in [0.3, 0.4) is 0 Å². The molecule has 14 atom stereocenters. The number of hydrogen-bond acceptors (Lipinski definition) is 16. The van der Waals surface area contributed by atoms with E-state index in [-0.39, 0.29) is 48.6 Å². The van der Waals surface area contributed by atoms with Crippen LogP contribution in [0.2, 0.25) is 0 Å². The molecule has 0 saturated carbocycles. The van der Waals surface area contributed by atoms with Crippen molar-refractivity contribution in [2.45, 2.75) is 137 Å². The van der Waals surface area contributed by atoms with Gasteiger partial charge in [0.15, 0.2) is 12.2 Å². The maximum absolute atomic E-state index is 14.2. The van der Waals surface area contributed by atoms with E-state index in [4.69, 9.17) is 29.9 Å². The third-order valence-electron chi connectivity index (χ3n) is 21.1. The summed E-state index contributed by atoms with van der Waals surface area (Å²) in [5.41, 5.74) is 7.17. The van der Waals surface area contributed by atoms with Crippen LogP contribution < -0.4 is 10.6 Å². The number of hydrogen-bond donors (Lipinski definition) is 10. The topological polar surface area (TPSA) is 351 Å². The smallest absolute Gasteiger partial charge is 0.335 e. The molecule has 8 aliphatic heterocycles. The molecule has 26 nitrogen and oxygen atoms in total. The van der Waals surface area contributed by atoms with Crippen LogP contribution in [0, 0.1) is 11.8 Å².